The number of thiocarbonyl (C=S) groups is 1. The molecule has 8 heteroatoms. The summed E-state index contributed by atoms with van der Waals surface area (Å²) in [4.78, 5) is 3.90. The zero-order chi connectivity index (χ0) is 18.9. The third kappa shape index (κ3) is 3.64. The fourth-order valence-electron chi connectivity index (χ4n) is 3.22. The molecule has 0 radical (unpaired) electrons. The van der Waals surface area contributed by atoms with Crippen molar-refractivity contribution in [3.8, 4) is 0 Å². The van der Waals surface area contributed by atoms with Crippen LogP contribution in [0.25, 0.3) is 0 Å². The van der Waals surface area contributed by atoms with Crippen molar-refractivity contribution in [1.29, 1.82) is 0 Å². The lowest BCUT2D eigenvalue weighted by Gasteiger charge is -2.37. The minimum absolute atomic E-state index is 0.251. The summed E-state index contributed by atoms with van der Waals surface area (Å²) in [5.41, 5.74) is 2.04. The zero-order valence-electron chi connectivity index (χ0n) is 15.1. The molecule has 1 aliphatic heterocycles. The van der Waals surface area contributed by atoms with Gasteiger partial charge in [0.2, 0.25) is 10.0 Å². The topological polar surface area (TPSA) is 52.7 Å². The number of benzene rings is 1. The van der Waals surface area contributed by atoms with E-state index in [2.05, 4.69) is 28.6 Å². The molecule has 0 saturated carbocycles. The first-order chi connectivity index (χ1) is 12.3. The van der Waals surface area contributed by atoms with Crippen LogP contribution in [0, 0.1) is 0 Å². The number of hydrogen-bond donors (Lipinski definition) is 1. The van der Waals surface area contributed by atoms with E-state index in [1.54, 1.807) is 18.2 Å². The zero-order valence-corrected chi connectivity index (χ0v) is 17.5. The van der Waals surface area contributed by atoms with E-state index in [9.17, 15) is 8.42 Å². The van der Waals surface area contributed by atoms with Gasteiger partial charge in [0, 0.05) is 31.2 Å². The van der Waals surface area contributed by atoms with E-state index in [4.69, 9.17) is 12.2 Å². The summed E-state index contributed by atoms with van der Waals surface area (Å²) in [6.07, 6.45) is 1.96. The SMILES string of the molecule is CC[C@@H]1c2ccsc2CCN1C(=S)Nc1cccc(S(=O)(=O)N(C)C)c1. The van der Waals surface area contributed by atoms with Gasteiger partial charge in [-0.2, -0.15) is 0 Å². The summed E-state index contributed by atoms with van der Waals surface area (Å²) in [5.74, 6) is 0. The summed E-state index contributed by atoms with van der Waals surface area (Å²) in [6, 6.07) is 9.24. The monoisotopic (exact) mass is 409 g/mol. The summed E-state index contributed by atoms with van der Waals surface area (Å²) < 4.78 is 25.9. The van der Waals surface area contributed by atoms with E-state index in [1.807, 2.05) is 17.4 Å². The highest BCUT2D eigenvalue weighted by Crippen LogP contribution is 2.35. The van der Waals surface area contributed by atoms with Crippen molar-refractivity contribution in [3.63, 3.8) is 0 Å². The molecule has 0 unspecified atom stereocenters. The maximum atomic E-state index is 12.3. The maximum absolute atomic E-state index is 12.3. The average Bonchev–Trinajstić information content (AvgIpc) is 3.09. The first kappa shape index (κ1) is 19.3. The third-order valence-corrected chi connectivity index (χ3v) is 7.75. The van der Waals surface area contributed by atoms with Crippen LogP contribution in [0.4, 0.5) is 5.69 Å². The van der Waals surface area contributed by atoms with Crippen molar-refractivity contribution in [2.75, 3.05) is 26.0 Å². The lowest BCUT2D eigenvalue weighted by molar-refractivity contribution is 0.298. The molecule has 2 heterocycles. The first-order valence-electron chi connectivity index (χ1n) is 8.51. The molecule has 3 rings (SSSR count). The van der Waals surface area contributed by atoms with Crippen LogP contribution >= 0.6 is 23.6 Å². The van der Waals surface area contributed by atoms with Gasteiger partial charge in [0.1, 0.15) is 0 Å². The number of hydrogen-bond acceptors (Lipinski definition) is 4. The lowest BCUT2D eigenvalue weighted by Crippen LogP contribution is -2.41. The summed E-state index contributed by atoms with van der Waals surface area (Å²) in [6.45, 7) is 3.03. The van der Waals surface area contributed by atoms with Gasteiger partial charge in [0.15, 0.2) is 5.11 Å². The highest BCUT2D eigenvalue weighted by molar-refractivity contribution is 7.89. The number of fused-ring (bicyclic) bond motifs is 1. The van der Waals surface area contributed by atoms with Crippen molar-refractivity contribution < 1.29 is 8.42 Å². The minimum Gasteiger partial charge on any atom is -0.342 e. The second-order valence-electron chi connectivity index (χ2n) is 6.41. The number of nitrogens with zero attached hydrogens (tertiary/aromatic N) is 2. The predicted octanol–water partition coefficient (Wildman–Crippen LogP) is 3.70. The van der Waals surface area contributed by atoms with Gasteiger partial charge in [0.25, 0.3) is 0 Å². The van der Waals surface area contributed by atoms with E-state index in [0.29, 0.717) is 10.8 Å². The van der Waals surface area contributed by atoms with Crippen LogP contribution in [-0.2, 0) is 16.4 Å². The van der Waals surface area contributed by atoms with E-state index >= 15 is 0 Å². The van der Waals surface area contributed by atoms with Gasteiger partial charge in [-0.3, -0.25) is 0 Å². The van der Waals surface area contributed by atoms with E-state index in [1.165, 1.54) is 28.8 Å². The van der Waals surface area contributed by atoms with Gasteiger partial charge in [0.05, 0.1) is 10.9 Å². The third-order valence-electron chi connectivity index (χ3n) is 4.61. The molecule has 1 atom stereocenters. The summed E-state index contributed by atoms with van der Waals surface area (Å²) in [7, 11) is -0.418. The first-order valence-corrected chi connectivity index (χ1v) is 11.2. The lowest BCUT2D eigenvalue weighted by atomic mass is 9.98. The molecular formula is C18H23N3O2S3. The largest absolute Gasteiger partial charge is 0.342 e. The van der Waals surface area contributed by atoms with Gasteiger partial charge in [-0.1, -0.05) is 13.0 Å². The Hall–Kier alpha value is -1.48. The quantitative estimate of drug-likeness (QED) is 0.781. The van der Waals surface area contributed by atoms with E-state index in [0.717, 1.165) is 19.4 Å². The fourth-order valence-corrected chi connectivity index (χ4v) is 5.43. The molecule has 2 aromatic rings. The summed E-state index contributed by atoms with van der Waals surface area (Å²) in [5, 5.41) is 6.00. The minimum atomic E-state index is -3.47. The Morgan fingerprint density at radius 3 is 2.85 bits per heavy atom. The van der Waals surface area contributed by atoms with Gasteiger partial charge in [-0.25, -0.2) is 12.7 Å². The van der Waals surface area contributed by atoms with Crippen molar-refractivity contribution in [2.45, 2.75) is 30.7 Å². The smallest absolute Gasteiger partial charge is 0.242 e. The standard InChI is InChI=1S/C18H23N3O2S3/c1-4-16-15-9-11-25-17(15)8-10-21(16)18(24)19-13-6-5-7-14(12-13)26(22,23)20(2)3/h5-7,9,11-12,16H,4,8,10H2,1-3H3,(H,19,24)/t16-/m1/s1. The molecular weight excluding hydrogens is 386 g/mol. The molecule has 1 aromatic carbocycles. The highest BCUT2D eigenvalue weighted by atomic mass is 32.2. The van der Waals surface area contributed by atoms with E-state index in [-0.39, 0.29) is 10.9 Å². The Morgan fingerprint density at radius 2 is 2.15 bits per heavy atom. The molecule has 26 heavy (non-hydrogen) atoms. The normalized spacial score (nSPS) is 17.2. The number of anilines is 1. The molecule has 1 aliphatic rings. The Balaban J connectivity index is 1.81. The molecule has 1 N–H and O–H groups in total. The Kier molecular flexibility index (Phi) is 5.67. The Morgan fingerprint density at radius 1 is 1.38 bits per heavy atom. The van der Waals surface area contributed by atoms with Crippen LogP contribution < -0.4 is 5.32 Å². The molecule has 0 bridgehead atoms. The maximum Gasteiger partial charge on any atom is 0.242 e. The van der Waals surface area contributed by atoms with Crippen LogP contribution in [-0.4, -0.2) is 43.4 Å². The van der Waals surface area contributed by atoms with Crippen LogP contribution in [0.15, 0.2) is 40.6 Å². The van der Waals surface area contributed by atoms with Crippen molar-refractivity contribution in [1.82, 2.24) is 9.21 Å². The molecule has 0 amide bonds. The molecule has 5 nitrogen and oxygen atoms in total. The molecule has 0 fully saturated rings. The highest BCUT2D eigenvalue weighted by Gasteiger charge is 2.28. The number of nitrogens with one attached hydrogen (secondary N) is 1. The van der Waals surface area contributed by atoms with Crippen molar-refractivity contribution in [3.05, 3.63) is 46.2 Å². The Labute approximate surface area is 164 Å². The van der Waals surface area contributed by atoms with Gasteiger partial charge in [-0.05, 0) is 60.3 Å². The van der Waals surface area contributed by atoms with Crippen LogP contribution in [0.5, 0.6) is 0 Å². The van der Waals surface area contributed by atoms with Crippen molar-refractivity contribution >= 4 is 44.4 Å². The van der Waals surface area contributed by atoms with Crippen molar-refractivity contribution in [2.24, 2.45) is 0 Å². The average molecular weight is 410 g/mol. The molecule has 0 spiro atoms. The van der Waals surface area contributed by atoms with E-state index < -0.39 is 10.0 Å². The number of sulfonamides is 1. The molecule has 0 saturated heterocycles. The molecule has 0 aliphatic carbocycles. The predicted molar refractivity (Wildman–Crippen MR) is 111 cm³/mol. The second-order valence-corrected chi connectivity index (χ2v) is 9.95. The number of thiophene rings is 1. The van der Waals surface area contributed by atoms with Crippen LogP contribution in [0.3, 0.4) is 0 Å². The molecule has 140 valence electrons. The number of rotatable bonds is 4. The summed E-state index contributed by atoms with van der Waals surface area (Å²) >= 11 is 7.46. The Bertz CT molecular complexity index is 906. The van der Waals surface area contributed by atoms with Gasteiger partial charge >= 0.3 is 0 Å². The van der Waals surface area contributed by atoms with Crippen LogP contribution in [0.2, 0.25) is 0 Å². The fraction of sp³-hybridized carbons (Fsp3) is 0.389. The molecule has 1 aromatic heterocycles. The second kappa shape index (κ2) is 7.64. The van der Waals surface area contributed by atoms with Gasteiger partial charge < -0.3 is 10.2 Å². The van der Waals surface area contributed by atoms with Crippen LogP contribution in [0.1, 0.15) is 29.8 Å². The van der Waals surface area contributed by atoms with Gasteiger partial charge in [-0.15, -0.1) is 11.3 Å².